The highest BCUT2D eigenvalue weighted by Gasteiger charge is 2.22. The van der Waals surface area contributed by atoms with Crippen LogP contribution in [0.1, 0.15) is 5.69 Å². The van der Waals surface area contributed by atoms with E-state index in [-0.39, 0.29) is 11.1 Å². The summed E-state index contributed by atoms with van der Waals surface area (Å²) in [4.78, 5) is 16.2. The Labute approximate surface area is 122 Å². The maximum absolute atomic E-state index is 14.0. The molecule has 0 atom stereocenters. The number of hydrogen-bond donors (Lipinski definition) is 1. The third-order valence-corrected chi connectivity index (χ3v) is 3.81. The molecular formula is C14H9F2N3OS. The minimum Gasteiger partial charge on any atom is -0.267 e. The Morgan fingerprint density at radius 3 is 2.48 bits per heavy atom. The lowest BCUT2D eigenvalue weighted by atomic mass is 10.00. The van der Waals surface area contributed by atoms with Crippen molar-refractivity contribution in [1.82, 2.24) is 15.2 Å². The molecule has 0 saturated carbocycles. The van der Waals surface area contributed by atoms with E-state index >= 15 is 0 Å². The standard InChI is InChI=1S/C14H9F2N3OS/c1-7-10(14-17-5-6-21-14)12(13(20)19-18-7)11-8(15)3-2-4-9(11)16/h2-6H,1H3,(H,19,20). The molecule has 0 radical (unpaired) electrons. The second kappa shape index (κ2) is 5.17. The molecular weight excluding hydrogens is 296 g/mol. The lowest BCUT2D eigenvalue weighted by molar-refractivity contribution is 0.589. The first-order valence-electron chi connectivity index (χ1n) is 6.03. The Balaban J connectivity index is 2.43. The zero-order chi connectivity index (χ0) is 15.0. The normalized spacial score (nSPS) is 10.8. The lowest BCUT2D eigenvalue weighted by Gasteiger charge is -2.10. The number of rotatable bonds is 2. The molecule has 0 aliphatic carbocycles. The molecule has 4 nitrogen and oxygen atoms in total. The van der Waals surface area contributed by atoms with Gasteiger partial charge in [0, 0.05) is 17.1 Å². The van der Waals surface area contributed by atoms with Crippen molar-refractivity contribution in [3.63, 3.8) is 0 Å². The SMILES string of the molecule is Cc1n[nH]c(=O)c(-c2c(F)cccc2F)c1-c1nccs1. The van der Waals surface area contributed by atoms with Crippen molar-refractivity contribution in [1.29, 1.82) is 0 Å². The third kappa shape index (κ3) is 2.25. The van der Waals surface area contributed by atoms with Gasteiger partial charge < -0.3 is 0 Å². The fourth-order valence-corrected chi connectivity index (χ4v) is 2.86. The zero-order valence-electron chi connectivity index (χ0n) is 10.9. The molecule has 0 fully saturated rings. The molecule has 3 rings (SSSR count). The van der Waals surface area contributed by atoms with Crippen LogP contribution < -0.4 is 5.56 Å². The summed E-state index contributed by atoms with van der Waals surface area (Å²) < 4.78 is 28.1. The number of benzene rings is 1. The predicted octanol–water partition coefficient (Wildman–Crippen LogP) is 3.15. The summed E-state index contributed by atoms with van der Waals surface area (Å²) in [7, 11) is 0. The van der Waals surface area contributed by atoms with Gasteiger partial charge in [-0.3, -0.25) is 4.79 Å². The van der Waals surface area contributed by atoms with E-state index in [2.05, 4.69) is 15.2 Å². The van der Waals surface area contributed by atoms with Gasteiger partial charge in [0.1, 0.15) is 16.6 Å². The molecule has 0 aliphatic rings. The van der Waals surface area contributed by atoms with E-state index < -0.39 is 17.2 Å². The van der Waals surface area contributed by atoms with E-state index in [1.165, 1.54) is 17.4 Å². The largest absolute Gasteiger partial charge is 0.272 e. The van der Waals surface area contributed by atoms with Gasteiger partial charge in [-0.2, -0.15) is 5.10 Å². The highest BCUT2D eigenvalue weighted by molar-refractivity contribution is 7.13. The van der Waals surface area contributed by atoms with E-state index in [9.17, 15) is 13.6 Å². The summed E-state index contributed by atoms with van der Waals surface area (Å²) in [5.74, 6) is -1.60. The van der Waals surface area contributed by atoms with Crippen LogP contribution in [-0.4, -0.2) is 15.2 Å². The number of halogens is 2. The summed E-state index contributed by atoms with van der Waals surface area (Å²) in [6, 6.07) is 3.47. The van der Waals surface area contributed by atoms with E-state index in [0.29, 0.717) is 16.3 Å². The van der Waals surface area contributed by atoms with Crippen LogP contribution in [0.25, 0.3) is 21.7 Å². The van der Waals surface area contributed by atoms with Crippen molar-refractivity contribution in [3.05, 3.63) is 57.5 Å². The highest BCUT2D eigenvalue weighted by atomic mass is 32.1. The van der Waals surface area contributed by atoms with Gasteiger partial charge in [0.2, 0.25) is 0 Å². The number of aromatic amines is 1. The Morgan fingerprint density at radius 2 is 1.86 bits per heavy atom. The summed E-state index contributed by atoms with van der Waals surface area (Å²) in [6.07, 6.45) is 1.56. The Morgan fingerprint density at radius 1 is 1.14 bits per heavy atom. The number of nitrogens with zero attached hydrogens (tertiary/aromatic N) is 2. The Bertz CT molecular complexity index is 839. The topological polar surface area (TPSA) is 58.6 Å². The molecule has 0 spiro atoms. The van der Waals surface area contributed by atoms with Crippen LogP contribution in [0.4, 0.5) is 8.78 Å². The van der Waals surface area contributed by atoms with Gasteiger partial charge in [0.25, 0.3) is 5.56 Å². The number of aryl methyl sites for hydroxylation is 1. The maximum atomic E-state index is 14.0. The van der Waals surface area contributed by atoms with Crippen LogP contribution in [0, 0.1) is 18.6 Å². The van der Waals surface area contributed by atoms with Crippen molar-refractivity contribution in [3.8, 4) is 21.7 Å². The molecule has 7 heteroatoms. The summed E-state index contributed by atoms with van der Waals surface area (Å²) >= 11 is 1.27. The molecule has 0 saturated heterocycles. The van der Waals surface area contributed by atoms with Gasteiger partial charge in [-0.1, -0.05) is 6.07 Å². The molecule has 0 amide bonds. The predicted molar refractivity (Wildman–Crippen MR) is 76.1 cm³/mol. The molecule has 3 aromatic rings. The molecule has 0 aliphatic heterocycles. The van der Waals surface area contributed by atoms with Crippen molar-refractivity contribution in [2.24, 2.45) is 0 Å². The van der Waals surface area contributed by atoms with Crippen LogP contribution in [-0.2, 0) is 0 Å². The molecule has 106 valence electrons. The smallest absolute Gasteiger partial charge is 0.267 e. The van der Waals surface area contributed by atoms with Gasteiger partial charge in [0.15, 0.2) is 0 Å². The monoisotopic (exact) mass is 305 g/mol. The van der Waals surface area contributed by atoms with Crippen LogP contribution >= 0.6 is 11.3 Å². The third-order valence-electron chi connectivity index (χ3n) is 3.02. The second-order valence-electron chi connectivity index (χ2n) is 4.32. The molecule has 0 bridgehead atoms. The second-order valence-corrected chi connectivity index (χ2v) is 5.22. The summed E-state index contributed by atoms with van der Waals surface area (Å²) in [5.41, 5.74) is -0.322. The first kappa shape index (κ1) is 13.6. The first-order chi connectivity index (χ1) is 10.1. The van der Waals surface area contributed by atoms with Crippen LogP contribution in [0.5, 0.6) is 0 Å². The molecule has 1 aromatic carbocycles. The summed E-state index contributed by atoms with van der Waals surface area (Å²) in [6.45, 7) is 1.65. The van der Waals surface area contributed by atoms with Gasteiger partial charge in [-0.15, -0.1) is 11.3 Å². The van der Waals surface area contributed by atoms with Crippen LogP contribution in [0.3, 0.4) is 0 Å². The van der Waals surface area contributed by atoms with Gasteiger partial charge in [0.05, 0.1) is 16.8 Å². The fourth-order valence-electron chi connectivity index (χ4n) is 2.12. The maximum Gasteiger partial charge on any atom is 0.272 e. The Hall–Kier alpha value is -2.41. The van der Waals surface area contributed by atoms with Gasteiger partial charge in [-0.05, 0) is 19.1 Å². The molecule has 0 unspecified atom stereocenters. The average molecular weight is 305 g/mol. The van der Waals surface area contributed by atoms with Crippen LogP contribution in [0.2, 0.25) is 0 Å². The number of aromatic nitrogens is 3. The van der Waals surface area contributed by atoms with E-state index in [0.717, 1.165) is 12.1 Å². The quantitative estimate of drug-likeness (QED) is 0.791. The Kier molecular flexibility index (Phi) is 3.34. The summed E-state index contributed by atoms with van der Waals surface area (Å²) in [5, 5.41) is 8.34. The highest BCUT2D eigenvalue weighted by Crippen LogP contribution is 2.34. The lowest BCUT2D eigenvalue weighted by Crippen LogP contribution is -2.15. The average Bonchev–Trinajstić information content (AvgIpc) is 2.96. The van der Waals surface area contributed by atoms with Crippen molar-refractivity contribution < 1.29 is 8.78 Å². The van der Waals surface area contributed by atoms with Crippen LogP contribution in [0.15, 0.2) is 34.6 Å². The minimum absolute atomic E-state index is 0.0898. The number of hydrogen-bond acceptors (Lipinski definition) is 4. The van der Waals surface area contributed by atoms with Crippen molar-refractivity contribution in [2.75, 3.05) is 0 Å². The zero-order valence-corrected chi connectivity index (χ0v) is 11.7. The van der Waals surface area contributed by atoms with Crippen molar-refractivity contribution in [2.45, 2.75) is 6.92 Å². The van der Waals surface area contributed by atoms with Gasteiger partial charge in [-0.25, -0.2) is 18.9 Å². The van der Waals surface area contributed by atoms with E-state index in [1.807, 2.05) is 0 Å². The van der Waals surface area contributed by atoms with Gasteiger partial charge >= 0.3 is 0 Å². The fraction of sp³-hybridized carbons (Fsp3) is 0.0714. The molecule has 2 aromatic heterocycles. The molecule has 21 heavy (non-hydrogen) atoms. The molecule has 1 N–H and O–H groups in total. The number of H-pyrrole nitrogens is 1. The van der Waals surface area contributed by atoms with E-state index in [1.54, 1.807) is 18.5 Å². The molecule has 2 heterocycles. The first-order valence-corrected chi connectivity index (χ1v) is 6.91. The van der Waals surface area contributed by atoms with Crippen molar-refractivity contribution >= 4 is 11.3 Å². The minimum atomic E-state index is -0.802. The van der Waals surface area contributed by atoms with E-state index in [4.69, 9.17) is 0 Å². The number of thiazole rings is 1. The number of nitrogens with one attached hydrogen (secondary N) is 1.